The lowest BCUT2D eigenvalue weighted by atomic mass is 10.2. The Morgan fingerprint density at radius 1 is 1.28 bits per heavy atom. The number of nitrogens with one attached hydrogen (secondary N) is 1. The minimum absolute atomic E-state index is 0.159. The molecule has 6 heteroatoms. The van der Waals surface area contributed by atoms with Gasteiger partial charge in [-0.2, -0.15) is 0 Å². The molecular weight excluding hydrogens is 332 g/mol. The Morgan fingerprint density at radius 3 is 2.60 bits per heavy atom. The van der Waals surface area contributed by atoms with Crippen molar-refractivity contribution in [2.45, 2.75) is 51.6 Å². The zero-order valence-electron chi connectivity index (χ0n) is 16.2. The number of rotatable bonds is 5. The number of piperazine rings is 1. The van der Waals surface area contributed by atoms with E-state index in [0.717, 1.165) is 12.1 Å². The highest BCUT2D eigenvalue weighted by Gasteiger charge is 2.38. The first-order chi connectivity index (χ1) is 11.7. The molecule has 5 nitrogen and oxygen atoms in total. The summed E-state index contributed by atoms with van der Waals surface area (Å²) in [4.78, 5) is 14.1. The molecule has 0 spiro atoms. The van der Waals surface area contributed by atoms with Gasteiger partial charge in [0.05, 0.1) is 6.61 Å². The third-order valence-corrected chi connectivity index (χ3v) is 9.67. The van der Waals surface area contributed by atoms with Crippen LogP contribution in [0.1, 0.15) is 26.3 Å². The topological polar surface area (TPSA) is 50.8 Å². The van der Waals surface area contributed by atoms with Gasteiger partial charge in [0.1, 0.15) is 6.61 Å². The van der Waals surface area contributed by atoms with Gasteiger partial charge in [0.15, 0.2) is 8.32 Å². The van der Waals surface area contributed by atoms with E-state index in [1.54, 1.807) is 4.90 Å². The van der Waals surface area contributed by atoms with Gasteiger partial charge in [-0.1, -0.05) is 51.1 Å². The second kappa shape index (κ2) is 8.34. The molecule has 0 aliphatic carbocycles. The van der Waals surface area contributed by atoms with E-state index in [4.69, 9.17) is 9.16 Å². The summed E-state index contributed by atoms with van der Waals surface area (Å²) < 4.78 is 11.7. The maximum atomic E-state index is 12.3. The molecule has 1 saturated heterocycles. The summed E-state index contributed by atoms with van der Waals surface area (Å²) in [6, 6.07) is 9.92. The predicted molar refractivity (Wildman–Crippen MR) is 103 cm³/mol. The largest absolute Gasteiger partial charge is 0.445 e. The number of benzene rings is 1. The fraction of sp³-hybridized carbons (Fsp3) is 0.632. The van der Waals surface area contributed by atoms with Crippen molar-refractivity contribution >= 4 is 14.4 Å². The molecule has 1 aromatic carbocycles. The maximum absolute atomic E-state index is 12.3. The van der Waals surface area contributed by atoms with Crippen LogP contribution in [0.25, 0.3) is 0 Å². The zero-order valence-corrected chi connectivity index (χ0v) is 17.2. The molecule has 1 aliphatic heterocycles. The Labute approximate surface area is 152 Å². The van der Waals surface area contributed by atoms with Crippen molar-refractivity contribution < 1.29 is 14.0 Å². The summed E-state index contributed by atoms with van der Waals surface area (Å²) in [6.45, 7) is 14.2. The Morgan fingerprint density at radius 2 is 1.96 bits per heavy atom. The molecule has 1 atom stereocenters. The standard InChI is InChI=1S/C19H32N2O3Si/c1-19(2,3)25(4,5)24-15-17-13-21(12-11-20-17)18(22)23-14-16-9-7-6-8-10-16/h6-10,17,20H,11-15H2,1-5H3/t17-/m1/s1. The highest BCUT2D eigenvalue weighted by Crippen LogP contribution is 2.36. The minimum atomic E-state index is -1.77. The van der Waals surface area contributed by atoms with Crippen molar-refractivity contribution in [1.82, 2.24) is 10.2 Å². The van der Waals surface area contributed by atoms with Gasteiger partial charge < -0.3 is 19.4 Å². The maximum Gasteiger partial charge on any atom is 0.410 e. The van der Waals surface area contributed by atoms with Crippen LogP contribution in [0, 0.1) is 0 Å². The average molecular weight is 365 g/mol. The first-order valence-electron chi connectivity index (χ1n) is 9.02. The van der Waals surface area contributed by atoms with Gasteiger partial charge in [0.2, 0.25) is 0 Å². The van der Waals surface area contributed by atoms with E-state index in [0.29, 0.717) is 26.3 Å². The van der Waals surface area contributed by atoms with Crippen LogP contribution in [0.15, 0.2) is 30.3 Å². The smallest absolute Gasteiger partial charge is 0.410 e. The Balaban J connectivity index is 1.80. The molecule has 25 heavy (non-hydrogen) atoms. The summed E-state index contributed by atoms with van der Waals surface area (Å²) in [5, 5.41) is 3.64. The molecule has 1 amide bonds. The van der Waals surface area contributed by atoms with E-state index in [2.05, 4.69) is 39.2 Å². The van der Waals surface area contributed by atoms with Gasteiger partial charge >= 0.3 is 6.09 Å². The number of carbonyl (C=O) groups is 1. The Kier molecular flexibility index (Phi) is 6.65. The molecule has 0 aromatic heterocycles. The number of hydrogen-bond acceptors (Lipinski definition) is 4. The summed E-state index contributed by atoms with van der Waals surface area (Å²) in [5.41, 5.74) is 1.00. The second-order valence-corrected chi connectivity index (χ2v) is 13.0. The van der Waals surface area contributed by atoms with Crippen LogP contribution < -0.4 is 5.32 Å². The van der Waals surface area contributed by atoms with E-state index in [-0.39, 0.29) is 17.2 Å². The molecule has 0 bridgehead atoms. The molecule has 0 unspecified atom stereocenters. The lowest BCUT2D eigenvalue weighted by molar-refractivity contribution is 0.0787. The van der Waals surface area contributed by atoms with Crippen LogP contribution in [0.3, 0.4) is 0 Å². The Hall–Kier alpha value is -1.37. The number of amides is 1. The van der Waals surface area contributed by atoms with E-state index in [1.165, 1.54) is 0 Å². The van der Waals surface area contributed by atoms with Gasteiger partial charge in [-0.25, -0.2) is 4.79 Å². The molecule has 140 valence electrons. The second-order valence-electron chi connectivity index (χ2n) is 8.21. The van der Waals surface area contributed by atoms with Crippen molar-refractivity contribution in [3.63, 3.8) is 0 Å². The van der Waals surface area contributed by atoms with Crippen LogP contribution >= 0.6 is 0 Å². The summed E-state index contributed by atoms with van der Waals surface area (Å²) >= 11 is 0. The molecule has 1 aliphatic rings. The molecular formula is C19H32N2O3Si. The normalized spacial score (nSPS) is 18.9. The third kappa shape index (κ3) is 5.83. The summed E-state index contributed by atoms with van der Waals surface area (Å²) in [5.74, 6) is 0. The van der Waals surface area contributed by atoms with Crippen molar-refractivity contribution in [2.75, 3.05) is 26.2 Å². The van der Waals surface area contributed by atoms with Gasteiger partial charge in [-0.15, -0.1) is 0 Å². The SMILES string of the molecule is CC(C)(C)[Si](C)(C)OC[C@H]1CN(C(=O)OCc2ccccc2)CCN1. The quantitative estimate of drug-likeness (QED) is 0.811. The third-order valence-electron chi connectivity index (χ3n) is 5.17. The van der Waals surface area contributed by atoms with Crippen molar-refractivity contribution in [3.05, 3.63) is 35.9 Å². The summed E-state index contributed by atoms with van der Waals surface area (Å²) in [6.07, 6.45) is -0.248. The lowest BCUT2D eigenvalue weighted by Gasteiger charge is -2.39. The van der Waals surface area contributed by atoms with E-state index in [9.17, 15) is 4.79 Å². The van der Waals surface area contributed by atoms with Crippen LogP contribution in [0.2, 0.25) is 18.1 Å². The van der Waals surface area contributed by atoms with Crippen molar-refractivity contribution in [1.29, 1.82) is 0 Å². The molecule has 1 aromatic rings. The Bertz CT molecular complexity index is 558. The predicted octanol–water partition coefficient (Wildman–Crippen LogP) is 3.62. The van der Waals surface area contributed by atoms with Crippen LogP contribution in [0.4, 0.5) is 4.79 Å². The first kappa shape index (κ1) is 19.9. The first-order valence-corrected chi connectivity index (χ1v) is 11.9. The van der Waals surface area contributed by atoms with E-state index in [1.807, 2.05) is 30.3 Å². The fourth-order valence-electron chi connectivity index (χ4n) is 2.44. The highest BCUT2D eigenvalue weighted by atomic mass is 28.4. The van der Waals surface area contributed by atoms with E-state index < -0.39 is 8.32 Å². The number of nitrogens with zero attached hydrogens (tertiary/aromatic N) is 1. The lowest BCUT2D eigenvalue weighted by Crippen LogP contribution is -2.56. The van der Waals surface area contributed by atoms with Gasteiger partial charge in [0.25, 0.3) is 0 Å². The van der Waals surface area contributed by atoms with Crippen LogP contribution in [0.5, 0.6) is 0 Å². The molecule has 0 saturated carbocycles. The molecule has 1 N–H and O–H groups in total. The molecule has 2 rings (SSSR count). The van der Waals surface area contributed by atoms with Crippen LogP contribution in [-0.4, -0.2) is 51.6 Å². The van der Waals surface area contributed by atoms with Crippen molar-refractivity contribution in [2.24, 2.45) is 0 Å². The zero-order chi connectivity index (χ0) is 18.5. The van der Waals surface area contributed by atoms with Gasteiger partial charge in [-0.3, -0.25) is 0 Å². The minimum Gasteiger partial charge on any atom is -0.445 e. The fourth-order valence-corrected chi connectivity index (χ4v) is 3.49. The number of carbonyl (C=O) groups excluding carboxylic acids is 1. The average Bonchev–Trinajstić information content (AvgIpc) is 2.58. The number of hydrogen-bond donors (Lipinski definition) is 1. The van der Waals surface area contributed by atoms with E-state index >= 15 is 0 Å². The van der Waals surface area contributed by atoms with Gasteiger partial charge in [-0.05, 0) is 23.7 Å². The molecule has 0 radical (unpaired) electrons. The van der Waals surface area contributed by atoms with Crippen LogP contribution in [-0.2, 0) is 15.8 Å². The monoisotopic (exact) mass is 364 g/mol. The molecule has 1 fully saturated rings. The summed E-state index contributed by atoms with van der Waals surface area (Å²) in [7, 11) is -1.77. The van der Waals surface area contributed by atoms with Crippen molar-refractivity contribution in [3.8, 4) is 0 Å². The van der Waals surface area contributed by atoms with Gasteiger partial charge in [0, 0.05) is 25.7 Å². The number of ether oxygens (including phenoxy) is 1. The highest BCUT2D eigenvalue weighted by molar-refractivity contribution is 6.74. The molecule has 1 heterocycles.